The fourth-order valence-electron chi connectivity index (χ4n) is 1.09. The van der Waals surface area contributed by atoms with E-state index >= 15 is 0 Å². The van der Waals surface area contributed by atoms with E-state index in [2.05, 4.69) is 9.97 Å². The first-order valence-corrected chi connectivity index (χ1v) is 3.46. The Hall–Kier alpha value is -1.92. The van der Waals surface area contributed by atoms with Gasteiger partial charge in [-0.1, -0.05) is 0 Å². The number of hydrogen-bond donors (Lipinski definition) is 2. The van der Waals surface area contributed by atoms with Crippen LogP contribution in [0.5, 0.6) is 0 Å². The maximum Gasteiger partial charge on any atom is 0.332 e. The van der Waals surface area contributed by atoms with Crippen LogP contribution >= 0.6 is 0 Å². The van der Waals surface area contributed by atoms with Crippen LogP contribution in [-0.4, -0.2) is 19.5 Å². The number of H-pyrrole nitrogens is 2. The maximum atomic E-state index is 12.3. The van der Waals surface area contributed by atoms with Crippen molar-refractivity contribution in [3.8, 4) is 0 Å². The van der Waals surface area contributed by atoms with Crippen molar-refractivity contribution in [1.29, 1.82) is 0 Å². The second-order valence-electron chi connectivity index (χ2n) is 2.41. The third-order valence-electron chi connectivity index (χ3n) is 1.69. The molecule has 0 amide bonds. The van der Waals surface area contributed by atoms with Gasteiger partial charge in [0.05, 0.1) is 6.33 Å². The number of aromatic amines is 2. The molecular weight excluding hydrogens is 179 g/mol. The van der Waals surface area contributed by atoms with E-state index < -0.39 is 18.0 Å². The highest BCUT2D eigenvalue weighted by Crippen LogP contribution is 1.99. The molecule has 0 spiro atoms. The smallest absolute Gasteiger partial charge is 0.332 e. The number of alkyl halides is 1. The number of hydrogen-bond acceptors (Lipinski definition) is 3. The maximum absolute atomic E-state index is 12.3. The van der Waals surface area contributed by atoms with Gasteiger partial charge < -0.3 is 4.98 Å². The van der Waals surface area contributed by atoms with Crippen LogP contribution in [0.15, 0.2) is 15.9 Å². The predicted octanol–water partition coefficient (Wildman–Crippen LogP) is -0.660. The molecule has 0 aromatic carbocycles. The van der Waals surface area contributed by atoms with Crippen LogP contribution in [0.2, 0.25) is 0 Å². The Kier molecular flexibility index (Phi) is 1.51. The summed E-state index contributed by atoms with van der Waals surface area (Å²) in [5, 5.41) is 0. The zero-order valence-corrected chi connectivity index (χ0v) is 6.37. The average Bonchev–Trinajstić information content (AvgIpc) is 2.53. The van der Waals surface area contributed by atoms with Crippen LogP contribution in [0.25, 0.3) is 11.2 Å². The molecule has 0 aliphatic rings. The molecule has 7 heteroatoms. The Morgan fingerprint density at radius 3 is 3.00 bits per heavy atom. The van der Waals surface area contributed by atoms with E-state index in [0.717, 1.165) is 4.57 Å². The van der Waals surface area contributed by atoms with Gasteiger partial charge in [0, 0.05) is 0 Å². The minimum atomic E-state index is -1.02. The predicted molar refractivity (Wildman–Crippen MR) is 42.1 cm³/mol. The third kappa shape index (κ3) is 0.968. The normalized spacial score (nSPS) is 10.8. The zero-order chi connectivity index (χ0) is 9.42. The summed E-state index contributed by atoms with van der Waals surface area (Å²) in [4.78, 5) is 30.2. The minimum absolute atomic E-state index is 0.0243. The van der Waals surface area contributed by atoms with Crippen LogP contribution < -0.4 is 11.2 Å². The van der Waals surface area contributed by atoms with E-state index in [-0.39, 0.29) is 11.2 Å². The quantitative estimate of drug-likeness (QED) is 0.617. The summed E-state index contributed by atoms with van der Waals surface area (Å²) in [6, 6.07) is 0. The molecule has 0 fully saturated rings. The van der Waals surface area contributed by atoms with Crippen LogP contribution in [0.3, 0.4) is 0 Å². The van der Waals surface area contributed by atoms with E-state index in [9.17, 15) is 14.0 Å². The molecule has 2 aromatic heterocycles. The largest absolute Gasteiger partial charge is 0.339 e. The topological polar surface area (TPSA) is 83.5 Å². The summed E-state index contributed by atoms with van der Waals surface area (Å²) in [7, 11) is 0. The molecule has 2 rings (SSSR count). The van der Waals surface area contributed by atoms with E-state index in [4.69, 9.17) is 0 Å². The number of nitrogens with one attached hydrogen (secondary N) is 2. The van der Waals surface area contributed by atoms with Gasteiger partial charge in [0.2, 0.25) is 0 Å². The highest BCUT2D eigenvalue weighted by atomic mass is 19.1. The van der Waals surface area contributed by atoms with Crippen molar-refractivity contribution in [3.63, 3.8) is 0 Å². The number of aromatic nitrogens is 4. The van der Waals surface area contributed by atoms with Crippen molar-refractivity contribution in [3.05, 3.63) is 27.2 Å². The summed E-state index contributed by atoms with van der Waals surface area (Å²) in [5.74, 6) is 0. The summed E-state index contributed by atoms with van der Waals surface area (Å²) in [6.07, 6.45) is 1.23. The summed E-state index contributed by atoms with van der Waals surface area (Å²) >= 11 is 0. The Labute approximate surface area is 70.0 Å². The lowest BCUT2D eigenvalue weighted by Gasteiger charge is -1.97. The highest BCUT2D eigenvalue weighted by Gasteiger charge is 2.08. The molecule has 2 N–H and O–H groups in total. The van der Waals surface area contributed by atoms with E-state index in [1.807, 2.05) is 4.98 Å². The first kappa shape index (κ1) is 7.71. The van der Waals surface area contributed by atoms with Gasteiger partial charge in [0.25, 0.3) is 5.56 Å². The molecule has 68 valence electrons. The third-order valence-corrected chi connectivity index (χ3v) is 1.69. The van der Waals surface area contributed by atoms with Gasteiger partial charge in [-0.25, -0.2) is 18.7 Å². The summed E-state index contributed by atoms with van der Waals surface area (Å²) in [6.45, 7) is -1.02. The Morgan fingerprint density at radius 1 is 1.54 bits per heavy atom. The number of halogens is 1. The van der Waals surface area contributed by atoms with Gasteiger partial charge in [-0.15, -0.1) is 0 Å². The Balaban J connectivity index is 3.06. The number of nitrogens with zero attached hydrogens (tertiary/aromatic N) is 2. The van der Waals surface area contributed by atoms with Crippen molar-refractivity contribution in [2.75, 3.05) is 0 Å². The molecule has 6 nitrogen and oxygen atoms in total. The Morgan fingerprint density at radius 2 is 2.31 bits per heavy atom. The fourth-order valence-corrected chi connectivity index (χ4v) is 1.09. The van der Waals surface area contributed by atoms with Crippen molar-refractivity contribution in [1.82, 2.24) is 19.5 Å². The molecule has 0 saturated carbocycles. The van der Waals surface area contributed by atoms with Gasteiger partial charge in [-0.3, -0.25) is 9.78 Å². The van der Waals surface area contributed by atoms with Crippen molar-refractivity contribution in [2.24, 2.45) is 0 Å². The summed E-state index contributed by atoms with van der Waals surface area (Å²) < 4.78 is 13.0. The standard InChI is InChI=1S/C6H5FN4O2/c7-1-11-4-3(8-2-9-4)5(12)10-6(11)13/h2H,1H2,(H,8,9)(H,10,12,13). The van der Waals surface area contributed by atoms with Gasteiger partial charge in [-0.05, 0) is 0 Å². The lowest BCUT2D eigenvalue weighted by atomic mass is 10.5. The molecule has 0 radical (unpaired) electrons. The van der Waals surface area contributed by atoms with Crippen molar-refractivity contribution >= 4 is 11.2 Å². The second kappa shape index (κ2) is 2.54. The molecular formula is C6H5FN4O2. The number of rotatable bonds is 1. The first-order valence-electron chi connectivity index (χ1n) is 3.46. The number of imidazole rings is 1. The lowest BCUT2D eigenvalue weighted by Crippen LogP contribution is -2.29. The van der Waals surface area contributed by atoms with E-state index in [1.165, 1.54) is 6.33 Å². The molecule has 13 heavy (non-hydrogen) atoms. The van der Waals surface area contributed by atoms with Crippen LogP contribution in [0.4, 0.5) is 4.39 Å². The van der Waals surface area contributed by atoms with Crippen molar-refractivity contribution in [2.45, 2.75) is 6.80 Å². The van der Waals surface area contributed by atoms with Gasteiger partial charge in [0.1, 0.15) is 5.52 Å². The van der Waals surface area contributed by atoms with Gasteiger partial charge in [-0.2, -0.15) is 0 Å². The molecule has 2 heterocycles. The SMILES string of the molecule is O=c1[nH]c(=O)n(CF)c2nc[nH]c12. The molecule has 0 saturated heterocycles. The molecule has 0 aliphatic carbocycles. The van der Waals surface area contributed by atoms with Gasteiger partial charge >= 0.3 is 5.69 Å². The van der Waals surface area contributed by atoms with Crippen LogP contribution in [-0.2, 0) is 6.80 Å². The molecule has 0 unspecified atom stereocenters. The minimum Gasteiger partial charge on any atom is -0.339 e. The second-order valence-corrected chi connectivity index (χ2v) is 2.41. The highest BCUT2D eigenvalue weighted by molar-refractivity contribution is 5.68. The fraction of sp³-hybridized carbons (Fsp3) is 0.167. The average molecular weight is 184 g/mol. The van der Waals surface area contributed by atoms with Gasteiger partial charge in [0.15, 0.2) is 12.4 Å². The summed E-state index contributed by atoms with van der Waals surface area (Å²) in [5.41, 5.74) is -1.28. The van der Waals surface area contributed by atoms with E-state index in [0.29, 0.717) is 0 Å². The zero-order valence-electron chi connectivity index (χ0n) is 6.37. The lowest BCUT2D eigenvalue weighted by molar-refractivity contribution is 0.372. The van der Waals surface area contributed by atoms with Crippen molar-refractivity contribution < 1.29 is 4.39 Å². The Bertz CT molecular complexity index is 551. The molecule has 0 atom stereocenters. The molecule has 0 aliphatic heterocycles. The van der Waals surface area contributed by atoms with E-state index in [1.54, 1.807) is 0 Å². The molecule has 2 aromatic rings. The molecule has 0 bridgehead atoms. The van der Waals surface area contributed by atoms with Crippen LogP contribution in [0, 0.1) is 0 Å². The van der Waals surface area contributed by atoms with Crippen LogP contribution in [0.1, 0.15) is 0 Å². The number of fused-ring (bicyclic) bond motifs is 1. The first-order chi connectivity index (χ1) is 6.24. The monoisotopic (exact) mass is 184 g/mol.